The maximum atomic E-state index is 12.8. The number of benzene rings is 1. The molecular formula is C17H19NO3. The second kappa shape index (κ2) is 4.58. The zero-order valence-electron chi connectivity index (χ0n) is 11.8. The standard InChI is InChI=1S/C17H19NO3/c19-13(20)9-18(12-4-2-1-3-5-12)17(21)16-14-10-6-7-11(8-10)15(14)16/h1-5,10-11,14-16H,6-9H2,(H,19,20). The lowest BCUT2D eigenvalue weighted by molar-refractivity contribution is -0.137. The molecule has 3 saturated carbocycles. The molecule has 1 aromatic carbocycles. The van der Waals surface area contributed by atoms with E-state index < -0.39 is 5.97 Å². The van der Waals surface area contributed by atoms with Crippen LogP contribution in [0.1, 0.15) is 19.3 Å². The maximum Gasteiger partial charge on any atom is 0.323 e. The first-order chi connectivity index (χ1) is 10.2. The number of carbonyl (C=O) groups is 2. The highest BCUT2D eigenvalue weighted by Crippen LogP contribution is 2.69. The summed E-state index contributed by atoms with van der Waals surface area (Å²) in [6.07, 6.45) is 3.82. The van der Waals surface area contributed by atoms with Crippen molar-refractivity contribution < 1.29 is 14.7 Å². The number of fused-ring (bicyclic) bond motifs is 5. The molecule has 1 aromatic rings. The maximum absolute atomic E-state index is 12.8. The molecule has 4 unspecified atom stereocenters. The van der Waals surface area contributed by atoms with Crippen molar-refractivity contribution in [3.05, 3.63) is 30.3 Å². The predicted molar refractivity (Wildman–Crippen MR) is 77.7 cm³/mol. The van der Waals surface area contributed by atoms with Gasteiger partial charge in [0, 0.05) is 11.6 Å². The van der Waals surface area contributed by atoms with Crippen LogP contribution in [0.2, 0.25) is 0 Å². The second-order valence-electron chi connectivity index (χ2n) is 6.67. The van der Waals surface area contributed by atoms with Gasteiger partial charge in [0.2, 0.25) is 5.91 Å². The summed E-state index contributed by atoms with van der Waals surface area (Å²) < 4.78 is 0. The molecule has 4 heteroatoms. The molecule has 1 N–H and O–H groups in total. The Hall–Kier alpha value is -1.84. The molecule has 0 aliphatic heterocycles. The van der Waals surface area contributed by atoms with E-state index in [1.54, 1.807) is 0 Å². The van der Waals surface area contributed by atoms with Crippen LogP contribution in [0, 0.1) is 29.6 Å². The lowest BCUT2D eigenvalue weighted by atomic mass is 10.0. The van der Waals surface area contributed by atoms with E-state index in [2.05, 4.69) is 0 Å². The molecule has 4 rings (SSSR count). The summed E-state index contributed by atoms with van der Waals surface area (Å²) in [6.45, 7) is -0.242. The molecule has 3 aliphatic carbocycles. The highest BCUT2D eigenvalue weighted by molar-refractivity contribution is 6.00. The zero-order valence-corrected chi connectivity index (χ0v) is 11.8. The van der Waals surface area contributed by atoms with Gasteiger partial charge in [0.15, 0.2) is 0 Å². The van der Waals surface area contributed by atoms with Crippen molar-refractivity contribution >= 4 is 17.6 Å². The van der Waals surface area contributed by atoms with Crippen LogP contribution in [-0.2, 0) is 9.59 Å². The number of hydrogen-bond acceptors (Lipinski definition) is 2. The molecule has 110 valence electrons. The highest BCUT2D eigenvalue weighted by Gasteiger charge is 2.68. The summed E-state index contributed by atoms with van der Waals surface area (Å²) in [4.78, 5) is 25.4. The number of para-hydroxylation sites is 1. The van der Waals surface area contributed by atoms with Crippen LogP contribution >= 0.6 is 0 Å². The lowest BCUT2D eigenvalue weighted by Crippen LogP contribution is -2.38. The smallest absolute Gasteiger partial charge is 0.323 e. The molecule has 0 saturated heterocycles. The van der Waals surface area contributed by atoms with Crippen molar-refractivity contribution in [2.75, 3.05) is 11.4 Å². The molecule has 3 fully saturated rings. The van der Waals surface area contributed by atoms with Gasteiger partial charge in [-0.05, 0) is 55.1 Å². The van der Waals surface area contributed by atoms with Crippen molar-refractivity contribution in [2.24, 2.45) is 29.6 Å². The first kappa shape index (κ1) is 12.9. The van der Waals surface area contributed by atoms with Crippen LogP contribution in [0.3, 0.4) is 0 Å². The lowest BCUT2D eigenvalue weighted by Gasteiger charge is -2.22. The summed E-state index contributed by atoms with van der Waals surface area (Å²) in [6, 6.07) is 9.18. The van der Waals surface area contributed by atoms with E-state index in [1.807, 2.05) is 30.3 Å². The van der Waals surface area contributed by atoms with Gasteiger partial charge in [0.1, 0.15) is 6.54 Å². The van der Waals surface area contributed by atoms with Crippen LogP contribution in [-0.4, -0.2) is 23.5 Å². The summed E-state index contributed by atoms with van der Waals surface area (Å²) in [5.74, 6) is 1.66. The molecule has 3 aliphatic rings. The zero-order chi connectivity index (χ0) is 14.6. The Kier molecular flexibility index (Phi) is 2.81. The fraction of sp³-hybridized carbons (Fsp3) is 0.529. The average Bonchev–Trinajstić information content (AvgIpc) is 2.92. The third-order valence-electron chi connectivity index (χ3n) is 5.65. The number of rotatable bonds is 4. The minimum atomic E-state index is -0.957. The van der Waals surface area contributed by atoms with Crippen LogP contribution in [0.5, 0.6) is 0 Å². The molecule has 2 bridgehead atoms. The monoisotopic (exact) mass is 285 g/mol. The topological polar surface area (TPSA) is 57.6 Å². The van der Waals surface area contributed by atoms with Crippen molar-refractivity contribution in [3.63, 3.8) is 0 Å². The van der Waals surface area contributed by atoms with Crippen molar-refractivity contribution in [1.82, 2.24) is 0 Å². The molecule has 0 radical (unpaired) electrons. The first-order valence-corrected chi connectivity index (χ1v) is 7.75. The summed E-state index contributed by atoms with van der Waals surface area (Å²) in [7, 11) is 0. The Bertz CT molecular complexity index is 569. The Morgan fingerprint density at radius 3 is 2.29 bits per heavy atom. The summed E-state index contributed by atoms with van der Waals surface area (Å²) >= 11 is 0. The molecule has 0 spiro atoms. The Labute approximate surface area is 123 Å². The van der Waals surface area contributed by atoms with Gasteiger partial charge in [0.25, 0.3) is 0 Å². The fourth-order valence-corrected chi connectivity index (χ4v) is 4.87. The Morgan fingerprint density at radius 2 is 1.71 bits per heavy atom. The fourth-order valence-electron chi connectivity index (χ4n) is 4.87. The van der Waals surface area contributed by atoms with E-state index in [0.29, 0.717) is 17.5 Å². The predicted octanol–water partition coefficient (Wildman–Crippen LogP) is 2.40. The van der Waals surface area contributed by atoms with Gasteiger partial charge in [-0.25, -0.2) is 0 Å². The van der Waals surface area contributed by atoms with E-state index in [1.165, 1.54) is 24.2 Å². The first-order valence-electron chi connectivity index (χ1n) is 7.75. The minimum absolute atomic E-state index is 0.0233. The normalized spacial score (nSPS) is 35.3. The van der Waals surface area contributed by atoms with Gasteiger partial charge in [-0.3, -0.25) is 9.59 Å². The number of nitrogens with zero attached hydrogens (tertiary/aromatic N) is 1. The Balaban J connectivity index is 1.57. The van der Waals surface area contributed by atoms with E-state index in [-0.39, 0.29) is 18.4 Å². The largest absolute Gasteiger partial charge is 0.480 e. The van der Waals surface area contributed by atoms with Gasteiger partial charge >= 0.3 is 5.97 Å². The molecule has 21 heavy (non-hydrogen) atoms. The van der Waals surface area contributed by atoms with Crippen LogP contribution < -0.4 is 4.90 Å². The van der Waals surface area contributed by atoms with E-state index in [4.69, 9.17) is 5.11 Å². The SMILES string of the molecule is O=C(O)CN(C(=O)C1C2C3CCC(C3)C12)c1ccccc1. The minimum Gasteiger partial charge on any atom is -0.480 e. The van der Waals surface area contributed by atoms with E-state index in [0.717, 1.165) is 11.8 Å². The quantitative estimate of drug-likeness (QED) is 0.924. The molecule has 1 amide bonds. The van der Waals surface area contributed by atoms with Gasteiger partial charge in [0.05, 0.1) is 0 Å². The van der Waals surface area contributed by atoms with Gasteiger partial charge < -0.3 is 10.0 Å². The highest BCUT2D eigenvalue weighted by atomic mass is 16.4. The third-order valence-corrected chi connectivity index (χ3v) is 5.65. The molecule has 0 heterocycles. The van der Waals surface area contributed by atoms with E-state index in [9.17, 15) is 9.59 Å². The third kappa shape index (κ3) is 1.96. The Morgan fingerprint density at radius 1 is 1.10 bits per heavy atom. The number of carboxylic acid groups (broad SMARTS) is 1. The number of carbonyl (C=O) groups excluding carboxylic acids is 1. The molecule has 0 aromatic heterocycles. The van der Waals surface area contributed by atoms with Gasteiger partial charge in [-0.15, -0.1) is 0 Å². The molecule has 4 atom stereocenters. The van der Waals surface area contributed by atoms with Gasteiger partial charge in [-0.1, -0.05) is 18.2 Å². The van der Waals surface area contributed by atoms with Crippen molar-refractivity contribution in [1.29, 1.82) is 0 Å². The van der Waals surface area contributed by atoms with Crippen molar-refractivity contribution in [2.45, 2.75) is 19.3 Å². The second-order valence-corrected chi connectivity index (χ2v) is 6.67. The summed E-state index contributed by atoms with van der Waals surface area (Å²) in [5.41, 5.74) is 0.697. The van der Waals surface area contributed by atoms with Crippen molar-refractivity contribution in [3.8, 4) is 0 Å². The van der Waals surface area contributed by atoms with Crippen LogP contribution in [0.15, 0.2) is 30.3 Å². The average molecular weight is 285 g/mol. The summed E-state index contributed by atoms with van der Waals surface area (Å²) in [5, 5.41) is 9.12. The number of aliphatic carboxylic acids is 1. The number of anilines is 1. The molecule has 4 nitrogen and oxygen atoms in total. The van der Waals surface area contributed by atoms with E-state index >= 15 is 0 Å². The van der Waals surface area contributed by atoms with Crippen LogP contribution in [0.25, 0.3) is 0 Å². The number of carboxylic acids is 1. The number of amides is 1. The van der Waals surface area contributed by atoms with Gasteiger partial charge in [-0.2, -0.15) is 0 Å². The number of hydrogen-bond donors (Lipinski definition) is 1. The molecular weight excluding hydrogens is 266 g/mol. The van der Waals surface area contributed by atoms with Crippen LogP contribution in [0.4, 0.5) is 5.69 Å².